The maximum Gasteiger partial charge on any atom is 0.401 e. The summed E-state index contributed by atoms with van der Waals surface area (Å²) in [6.07, 6.45) is -0.670. The molecule has 0 aromatic carbocycles. The third kappa shape index (κ3) is 4.10. The highest BCUT2D eigenvalue weighted by atomic mass is 19.4. The topological polar surface area (TPSA) is 28.2 Å². The lowest BCUT2D eigenvalue weighted by atomic mass is 10.1. The molecule has 3 nitrogen and oxygen atoms in total. The molecular formula is C14H20F3N3. The number of rotatable bonds is 4. The van der Waals surface area contributed by atoms with Gasteiger partial charge < -0.3 is 5.32 Å². The van der Waals surface area contributed by atoms with E-state index in [4.69, 9.17) is 0 Å². The summed E-state index contributed by atoms with van der Waals surface area (Å²) < 4.78 is 37.0. The van der Waals surface area contributed by atoms with Crippen molar-refractivity contribution in [2.75, 3.05) is 25.0 Å². The Morgan fingerprint density at radius 1 is 1.45 bits per heavy atom. The van der Waals surface area contributed by atoms with Crippen molar-refractivity contribution < 1.29 is 13.2 Å². The summed E-state index contributed by atoms with van der Waals surface area (Å²) in [4.78, 5) is 5.74. The second kappa shape index (κ2) is 5.99. The summed E-state index contributed by atoms with van der Waals surface area (Å²) in [5.41, 5.74) is 2.36. The van der Waals surface area contributed by atoms with Gasteiger partial charge in [-0.05, 0) is 37.0 Å². The predicted octanol–water partition coefficient (Wildman–Crippen LogP) is 3.00. The number of aromatic nitrogens is 1. The molecule has 1 aromatic heterocycles. The third-order valence-corrected chi connectivity index (χ3v) is 3.62. The van der Waals surface area contributed by atoms with Crippen LogP contribution in [0.25, 0.3) is 0 Å². The van der Waals surface area contributed by atoms with Gasteiger partial charge in [-0.25, -0.2) is 4.98 Å². The van der Waals surface area contributed by atoms with E-state index in [-0.39, 0.29) is 6.04 Å². The van der Waals surface area contributed by atoms with Gasteiger partial charge >= 0.3 is 6.18 Å². The van der Waals surface area contributed by atoms with Gasteiger partial charge in [0.25, 0.3) is 0 Å². The van der Waals surface area contributed by atoms with E-state index in [9.17, 15) is 13.2 Å². The van der Waals surface area contributed by atoms with E-state index >= 15 is 0 Å². The van der Waals surface area contributed by atoms with Crippen LogP contribution < -0.4 is 5.32 Å². The van der Waals surface area contributed by atoms with Crippen molar-refractivity contribution in [1.82, 2.24) is 9.88 Å². The molecule has 1 atom stereocenters. The van der Waals surface area contributed by atoms with Crippen molar-refractivity contribution in [1.29, 1.82) is 0 Å². The molecule has 1 aliphatic rings. The Morgan fingerprint density at radius 2 is 2.20 bits per heavy atom. The second-order valence-electron chi connectivity index (χ2n) is 5.33. The van der Waals surface area contributed by atoms with Crippen LogP contribution in [0.3, 0.4) is 0 Å². The summed E-state index contributed by atoms with van der Waals surface area (Å²) in [6, 6.07) is 2.03. The quantitative estimate of drug-likeness (QED) is 0.922. The number of nitrogens with one attached hydrogen (secondary N) is 1. The molecule has 0 radical (unpaired) electrons. The van der Waals surface area contributed by atoms with E-state index in [1.54, 1.807) is 0 Å². The lowest BCUT2D eigenvalue weighted by Gasteiger charge is -2.18. The van der Waals surface area contributed by atoms with Crippen molar-refractivity contribution in [3.05, 3.63) is 23.4 Å². The van der Waals surface area contributed by atoms with Gasteiger partial charge in [-0.1, -0.05) is 6.92 Å². The van der Waals surface area contributed by atoms with E-state index in [1.165, 1.54) is 10.5 Å². The van der Waals surface area contributed by atoms with Gasteiger partial charge in [0, 0.05) is 25.3 Å². The van der Waals surface area contributed by atoms with Gasteiger partial charge in [-0.3, -0.25) is 4.90 Å². The normalized spacial score (nSPS) is 20.4. The van der Waals surface area contributed by atoms with Crippen molar-refractivity contribution in [3.63, 3.8) is 0 Å². The minimum absolute atomic E-state index is 0.0391. The van der Waals surface area contributed by atoms with Crippen LogP contribution in [0.2, 0.25) is 0 Å². The molecule has 0 amide bonds. The fraction of sp³-hybridized carbons (Fsp3) is 0.643. The molecule has 1 unspecified atom stereocenters. The summed E-state index contributed by atoms with van der Waals surface area (Å²) in [6.45, 7) is 4.15. The summed E-state index contributed by atoms with van der Waals surface area (Å²) in [5.74, 6) is 0.756. The summed E-state index contributed by atoms with van der Waals surface area (Å²) in [7, 11) is 0. The number of aryl methyl sites for hydroxylation is 2. The maximum absolute atomic E-state index is 12.3. The van der Waals surface area contributed by atoms with Gasteiger partial charge in [0.1, 0.15) is 5.82 Å². The lowest BCUT2D eigenvalue weighted by Crippen LogP contribution is -2.34. The highest BCUT2D eigenvalue weighted by molar-refractivity contribution is 5.41. The number of hydrogen-bond donors (Lipinski definition) is 1. The predicted molar refractivity (Wildman–Crippen MR) is 72.9 cm³/mol. The zero-order chi connectivity index (χ0) is 14.8. The molecule has 1 aliphatic heterocycles. The monoisotopic (exact) mass is 287 g/mol. The number of pyridine rings is 1. The zero-order valence-electron chi connectivity index (χ0n) is 11.8. The van der Waals surface area contributed by atoms with Crippen LogP contribution in [0.4, 0.5) is 19.0 Å². The first-order chi connectivity index (χ1) is 9.37. The Labute approximate surface area is 117 Å². The van der Waals surface area contributed by atoms with Gasteiger partial charge in [-0.2, -0.15) is 13.2 Å². The molecule has 20 heavy (non-hydrogen) atoms. The molecule has 2 rings (SSSR count). The lowest BCUT2D eigenvalue weighted by molar-refractivity contribution is -0.143. The average molecular weight is 287 g/mol. The molecule has 1 saturated heterocycles. The van der Waals surface area contributed by atoms with Crippen molar-refractivity contribution >= 4 is 5.82 Å². The first-order valence-electron chi connectivity index (χ1n) is 6.88. The van der Waals surface area contributed by atoms with Gasteiger partial charge in [0.2, 0.25) is 0 Å². The fourth-order valence-corrected chi connectivity index (χ4v) is 2.58. The molecule has 0 bridgehead atoms. The molecule has 1 fully saturated rings. The largest absolute Gasteiger partial charge is 0.401 e. The van der Waals surface area contributed by atoms with E-state index in [1.807, 2.05) is 19.2 Å². The Hall–Kier alpha value is -1.30. The number of halogens is 3. The van der Waals surface area contributed by atoms with Gasteiger partial charge in [-0.15, -0.1) is 0 Å². The maximum atomic E-state index is 12.3. The Kier molecular flexibility index (Phi) is 4.52. The number of likely N-dealkylation sites (tertiary alicyclic amines) is 1. The highest BCUT2D eigenvalue weighted by Crippen LogP contribution is 2.22. The van der Waals surface area contributed by atoms with E-state index < -0.39 is 12.7 Å². The molecule has 0 saturated carbocycles. The van der Waals surface area contributed by atoms with Crippen LogP contribution in [0.1, 0.15) is 24.5 Å². The second-order valence-corrected chi connectivity index (χ2v) is 5.33. The highest BCUT2D eigenvalue weighted by Gasteiger charge is 2.34. The number of nitrogens with zero attached hydrogens (tertiary/aromatic N) is 2. The average Bonchev–Trinajstić information content (AvgIpc) is 2.76. The first kappa shape index (κ1) is 15.1. The Bertz CT molecular complexity index is 459. The van der Waals surface area contributed by atoms with Crippen LogP contribution >= 0.6 is 0 Å². The summed E-state index contributed by atoms with van der Waals surface area (Å²) >= 11 is 0. The standard InChI is InChI=1S/C14H20F3N3/c1-3-11-6-13(18-7-10(11)2)19-12-4-5-20(8-12)9-14(15,16)17/h6-7,12H,3-5,8-9H2,1-2H3,(H,18,19). The van der Waals surface area contributed by atoms with Crippen LogP contribution in [0.15, 0.2) is 12.3 Å². The first-order valence-corrected chi connectivity index (χ1v) is 6.88. The Morgan fingerprint density at radius 3 is 2.85 bits per heavy atom. The minimum atomic E-state index is -4.12. The molecule has 1 aromatic rings. The molecule has 0 aliphatic carbocycles. The smallest absolute Gasteiger partial charge is 0.366 e. The van der Waals surface area contributed by atoms with Gasteiger partial charge in [0.15, 0.2) is 0 Å². The third-order valence-electron chi connectivity index (χ3n) is 3.62. The molecule has 1 N–H and O–H groups in total. The molecule has 6 heteroatoms. The van der Waals surface area contributed by atoms with E-state index in [0.29, 0.717) is 19.5 Å². The van der Waals surface area contributed by atoms with Crippen molar-refractivity contribution in [2.24, 2.45) is 0 Å². The molecule has 112 valence electrons. The van der Waals surface area contributed by atoms with Crippen molar-refractivity contribution in [3.8, 4) is 0 Å². The number of alkyl halides is 3. The summed E-state index contributed by atoms with van der Waals surface area (Å²) in [5, 5.41) is 3.24. The number of anilines is 1. The van der Waals surface area contributed by atoms with Crippen LogP contribution in [0.5, 0.6) is 0 Å². The SMILES string of the molecule is CCc1cc(NC2CCN(CC(F)(F)F)C2)ncc1C. The van der Waals surface area contributed by atoms with Crippen LogP contribution in [0, 0.1) is 6.92 Å². The van der Waals surface area contributed by atoms with Crippen LogP contribution in [-0.4, -0.2) is 41.7 Å². The number of hydrogen-bond acceptors (Lipinski definition) is 3. The van der Waals surface area contributed by atoms with Crippen LogP contribution in [-0.2, 0) is 6.42 Å². The molecule has 0 spiro atoms. The molecule has 2 heterocycles. The fourth-order valence-electron chi connectivity index (χ4n) is 2.58. The van der Waals surface area contributed by atoms with E-state index in [2.05, 4.69) is 17.2 Å². The van der Waals surface area contributed by atoms with Gasteiger partial charge in [0.05, 0.1) is 6.54 Å². The van der Waals surface area contributed by atoms with Crippen molar-refractivity contribution in [2.45, 2.75) is 38.9 Å². The van der Waals surface area contributed by atoms with E-state index in [0.717, 1.165) is 17.8 Å². The molecular weight excluding hydrogens is 267 g/mol. The zero-order valence-corrected chi connectivity index (χ0v) is 11.8. The Balaban J connectivity index is 1.92. The minimum Gasteiger partial charge on any atom is -0.366 e.